The van der Waals surface area contributed by atoms with Gasteiger partial charge in [0.2, 0.25) is 0 Å². The fourth-order valence-corrected chi connectivity index (χ4v) is 0.991. The van der Waals surface area contributed by atoms with Crippen LogP contribution in [0, 0.1) is 0 Å². The van der Waals surface area contributed by atoms with Gasteiger partial charge in [-0.3, -0.25) is 0 Å². The Balaban J connectivity index is 4.61. The third-order valence-electron chi connectivity index (χ3n) is 2.17. The first kappa shape index (κ1) is 10.4. The molecule has 0 saturated carbocycles. The SMILES string of the molecule is C/C=C(C)/C(C)=C(\CC)CO. The molecule has 0 bridgehead atoms. The fraction of sp³-hybridized carbons (Fsp3) is 0.600. The highest BCUT2D eigenvalue weighted by atomic mass is 16.3. The number of rotatable bonds is 3. The Morgan fingerprint density at radius 1 is 1.36 bits per heavy atom. The highest BCUT2D eigenvalue weighted by Gasteiger charge is 1.99. The van der Waals surface area contributed by atoms with Crippen molar-refractivity contribution < 1.29 is 5.11 Å². The molecule has 1 nitrogen and oxygen atoms in total. The van der Waals surface area contributed by atoms with Gasteiger partial charge in [0, 0.05) is 0 Å². The number of hydrogen-bond donors (Lipinski definition) is 1. The molecule has 0 aliphatic heterocycles. The molecule has 0 aromatic heterocycles. The minimum absolute atomic E-state index is 0.188. The third-order valence-corrected chi connectivity index (χ3v) is 2.17. The lowest BCUT2D eigenvalue weighted by molar-refractivity contribution is 0.326. The van der Waals surface area contributed by atoms with E-state index in [1.54, 1.807) is 0 Å². The van der Waals surface area contributed by atoms with E-state index >= 15 is 0 Å². The Hall–Kier alpha value is -0.560. The van der Waals surface area contributed by atoms with Crippen molar-refractivity contribution in [2.75, 3.05) is 6.61 Å². The van der Waals surface area contributed by atoms with Crippen LogP contribution in [0.15, 0.2) is 22.8 Å². The highest BCUT2D eigenvalue weighted by Crippen LogP contribution is 2.15. The minimum Gasteiger partial charge on any atom is -0.392 e. The smallest absolute Gasteiger partial charge is 0.0647 e. The summed E-state index contributed by atoms with van der Waals surface area (Å²) in [5.41, 5.74) is 3.63. The van der Waals surface area contributed by atoms with E-state index in [9.17, 15) is 0 Å². The zero-order chi connectivity index (χ0) is 8.85. The van der Waals surface area contributed by atoms with E-state index in [1.165, 1.54) is 11.1 Å². The zero-order valence-electron chi connectivity index (χ0n) is 7.94. The van der Waals surface area contributed by atoms with Crippen molar-refractivity contribution in [3.8, 4) is 0 Å². The first-order chi connectivity index (χ1) is 5.17. The highest BCUT2D eigenvalue weighted by molar-refractivity contribution is 5.31. The molecule has 0 aliphatic carbocycles. The van der Waals surface area contributed by atoms with Gasteiger partial charge in [0.25, 0.3) is 0 Å². The van der Waals surface area contributed by atoms with Crippen molar-refractivity contribution in [2.45, 2.75) is 34.1 Å². The van der Waals surface area contributed by atoms with E-state index in [0.717, 1.165) is 12.0 Å². The molecule has 0 aromatic carbocycles. The lowest BCUT2D eigenvalue weighted by Crippen LogP contribution is -1.94. The summed E-state index contributed by atoms with van der Waals surface area (Å²) in [5, 5.41) is 8.96. The Morgan fingerprint density at radius 2 is 1.91 bits per heavy atom. The Kier molecular flexibility index (Phi) is 4.88. The van der Waals surface area contributed by atoms with E-state index < -0.39 is 0 Å². The van der Waals surface area contributed by atoms with Crippen LogP contribution in [0.2, 0.25) is 0 Å². The molecule has 0 heterocycles. The minimum atomic E-state index is 0.188. The van der Waals surface area contributed by atoms with Crippen LogP contribution in [0.25, 0.3) is 0 Å². The van der Waals surface area contributed by atoms with Gasteiger partial charge in [-0.1, -0.05) is 18.6 Å². The summed E-state index contributed by atoms with van der Waals surface area (Å²) >= 11 is 0. The molecular formula is C10H18O. The molecular weight excluding hydrogens is 136 g/mol. The molecule has 0 aliphatic rings. The van der Waals surface area contributed by atoms with E-state index in [0.29, 0.717) is 0 Å². The second-order valence-electron chi connectivity index (χ2n) is 2.71. The maximum absolute atomic E-state index is 8.96. The van der Waals surface area contributed by atoms with Gasteiger partial charge in [-0.25, -0.2) is 0 Å². The number of hydrogen-bond acceptors (Lipinski definition) is 1. The average Bonchev–Trinajstić information content (AvgIpc) is 2.05. The van der Waals surface area contributed by atoms with Crippen molar-refractivity contribution in [2.24, 2.45) is 0 Å². The van der Waals surface area contributed by atoms with Crippen LogP contribution in [-0.4, -0.2) is 11.7 Å². The quantitative estimate of drug-likeness (QED) is 0.620. The molecule has 0 amide bonds. The lowest BCUT2D eigenvalue weighted by Gasteiger charge is -2.07. The van der Waals surface area contributed by atoms with Crippen molar-refractivity contribution in [1.82, 2.24) is 0 Å². The normalized spacial score (nSPS) is 14.8. The molecule has 0 aromatic rings. The van der Waals surface area contributed by atoms with Crippen LogP contribution in [0.5, 0.6) is 0 Å². The van der Waals surface area contributed by atoms with E-state index in [-0.39, 0.29) is 6.61 Å². The molecule has 0 spiro atoms. The molecule has 64 valence electrons. The summed E-state index contributed by atoms with van der Waals surface area (Å²) in [6, 6.07) is 0. The number of allylic oxidation sites excluding steroid dienone is 3. The van der Waals surface area contributed by atoms with Crippen LogP contribution in [-0.2, 0) is 0 Å². The van der Waals surface area contributed by atoms with Crippen molar-refractivity contribution in [1.29, 1.82) is 0 Å². The van der Waals surface area contributed by atoms with Gasteiger partial charge >= 0.3 is 0 Å². The molecule has 1 N–H and O–H groups in total. The van der Waals surface area contributed by atoms with Gasteiger partial charge in [0.05, 0.1) is 6.61 Å². The maximum Gasteiger partial charge on any atom is 0.0647 e. The fourth-order valence-electron chi connectivity index (χ4n) is 0.991. The summed E-state index contributed by atoms with van der Waals surface area (Å²) in [7, 11) is 0. The maximum atomic E-state index is 8.96. The van der Waals surface area contributed by atoms with Gasteiger partial charge in [0.15, 0.2) is 0 Å². The predicted molar refractivity (Wildman–Crippen MR) is 49.5 cm³/mol. The Labute approximate surface area is 69.4 Å². The molecule has 0 saturated heterocycles. The van der Waals surface area contributed by atoms with Crippen LogP contribution in [0.4, 0.5) is 0 Å². The molecule has 0 radical (unpaired) electrons. The monoisotopic (exact) mass is 154 g/mol. The summed E-state index contributed by atoms with van der Waals surface area (Å²) in [6.07, 6.45) is 3.01. The lowest BCUT2D eigenvalue weighted by atomic mass is 10.0. The largest absolute Gasteiger partial charge is 0.392 e. The first-order valence-corrected chi connectivity index (χ1v) is 4.10. The summed E-state index contributed by atoms with van der Waals surface area (Å²) in [5.74, 6) is 0. The van der Waals surface area contributed by atoms with Crippen LogP contribution >= 0.6 is 0 Å². The summed E-state index contributed by atoms with van der Waals surface area (Å²) in [4.78, 5) is 0. The van der Waals surface area contributed by atoms with Gasteiger partial charge in [-0.15, -0.1) is 0 Å². The van der Waals surface area contributed by atoms with E-state index in [2.05, 4.69) is 26.8 Å². The molecule has 0 atom stereocenters. The van der Waals surface area contributed by atoms with Gasteiger partial charge in [-0.2, -0.15) is 0 Å². The molecule has 11 heavy (non-hydrogen) atoms. The molecule has 1 heteroatoms. The standard InChI is InChI=1S/C10H18O/c1-5-8(3)9(4)10(6-2)7-11/h5,11H,6-7H2,1-4H3/b8-5+,10-9+. The van der Waals surface area contributed by atoms with E-state index in [4.69, 9.17) is 5.11 Å². The van der Waals surface area contributed by atoms with E-state index in [1.807, 2.05) is 6.92 Å². The number of aliphatic hydroxyl groups is 1. The topological polar surface area (TPSA) is 20.2 Å². The van der Waals surface area contributed by atoms with Gasteiger partial charge < -0.3 is 5.11 Å². The summed E-state index contributed by atoms with van der Waals surface area (Å²) in [6.45, 7) is 8.40. The number of aliphatic hydroxyl groups excluding tert-OH is 1. The zero-order valence-corrected chi connectivity index (χ0v) is 7.94. The van der Waals surface area contributed by atoms with Crippen molar-refractivity contribution in [3.63, 3.8) is 0 Å². The van der Waals surface area contributed by atoms with Gasteiger partial charge in [0.1, 0.15) is 0 Å². The first-order valence-electron chi connectivity index (χ1n) is 4.10. The van der Waals surface area contributed by atoms with Crippen molar-refractivity contribution in [3.05, 3.63) is 22.8 Å². The molecule has 0 unspecified atom stereocenters. The van der Waals surface area contributed by atoms with Crippen molar-refractivity contribution >= 4 is 0 Å². The van der Waals surface area contributed by atoms with Gasteiger partial charge in [-0.05, 0) is 38.3 Å². The predicted octanol–water partition coefficient (Wildman–Crippen LogP) is 2.67. The molecule has 0 fully saturated rings. The third kappa shape index (κ3) is 2.89. The van der Waals surface area contributed by atoms with Crippen LogP contribution < -0.4 is 0 Å². The Morgan fingerprint density at radius 3 is 2.18 bits per heavy atom. The Bertz CT molecular complexity index is 169. The second kappa shape index (κ2) is 5.14. The average molecular weight is 154 g/mol. The second-order valence-corrected chi connectivity index (χ2v) is 2.71. The van der Waals surface area contributed by atoms with Crippen LogP contribution in [0.1, 0.15) is 34.1 Å². The van der Waals surface area contributed by atoms with Crippen LogP contribution in [0.3, 0.4) is 0 Å². The molecule has 0 rings (SSSR count). The summed E-state index contributed by atoms with van der Waals surface area (Å²) < 4.78 is 0.